The van der Waals surface area contributed by atoms with Crippen molar-refractivity contribution in [3.05, 3.63) is 68.4 Å². The van der Waals surface area contributed by atoms with Crippen LogP contribution < -0.4 is 9.47 Å². The molecule has 0 N–H and O–H groups in total. The Balaban J connectivity index is 1.91. The SMILES string of the molecule is CCCC(=O)Oc1ccc(/C=C2\N=C(c3cc([N+](=O)[O-])ccc3Cl)OC2=O)cc1OC. The van der Waals surface area contributed by atoms with E-state index < -0.39 is 10.9 Å². The minimum Gasteiger partial charge on any atom is -0.493 e. The fraction of sp³-hybridized carbons (Fsp3) is 0.190. The van der Waals surface area contributed by atoms with Crippen molar-refractivity contribution in [2.24, 2.45) is 4.99 Å². The van der Waals surface area contributed by atoms with Crippen LogP contribution in [0.5, 0.6) is 11.5 Å². The highest BCUT2D eigenvalue weighted by Gasteiger charge is 2.27. The van der Waals surface area contributed by atoms with E-state index in [0.717, 1.165) is 0 Å². The van der Waals surface area contributed by atoms with Crippen molar-refractivity contribution in [1.82, 2.24) is 0 Å². The number of halogens is 1. The second kappa shape index (κ2) is 9.40. The van der Waals surface area contributed by atoms with Crippen molar-refractivity contribution in [3.63, 3.8) is 0 Å². The quantitative estimate of drug-likeness (QED) is 0.205. The number of carbonyl (C=O) groups is 2. The summed E-state index contributed by atoms with van der Waals surface area (Å²) in [7, 11) is 1.42. The molecule has 0 saturated carbocycles. The molecule has 2 aromatic rings. The maximum Gasteiger partial charge on any atom is 0.363 e. The molecule has 0 amide bonds. The Hall–Kier alpha value is -3.72. The molecule has 1 aliphatic heterocycles. The van der Waals surface area contributed by atoms with Crippen molar-refractivity contribution in [2.45, 2.75) is 19.8 Å². The van der Waals surface area contributed by atoms with Crippen LogP contribution in [0.2, 0.25) is 5.02 Å². The number of nitrogens with zero attached hydrogens (tertiary/aromatic N) is 2. The van der Waals surface area contributed by atoms with Gasteiger partial charge in [0.05, 0.1) is 22.6 Å². The standard InChI is InChI=1S/C21H17ClN2O7/c1-3-4-19(25)30-17-8-5-12(10-18(17)29-2)9-16-21(26)31-20(23-16)14-11-13(24(27)28)6-7-15(14)22/h5-11H,3-4H2,1-2H3/b16-9-. The van der Waals surface area contributed by atoms with Crippen molar-refractivity contribution >= 4 is 41.2 Å². The lowest BCUT2D eigenvalue weighted by Crippen LogP contribution is -2.08. The zero-order valence-corrected chi connectivity index (χ0v) is 17.3. The second-order valence-corrected chi connectivity index (χ2v) is 6.80. The molecule has 3 rings (SSSR count). The van der Waals surface area contributed by atoms with Gasteiger partial charge in [0.15, 0.2) is 17.2 Å². The highest BCUT2D eigenvalue weighted by molar-refractivity contribution is 6.34. The van der Waals surface area contributed by atoms with Gasteiger partial charge < -0.3 is 14.2 Å². The maximum absolute atomic E-state index is 12.2. The molecule has 1 aliphatic rings. The summed E-state index contributed by atoms with van der Waals surface area (Å²) >= 11 is 6.09. The van der Waals surface area contributed by atoms with E-state index in [1.54, 1.807) is 18.2 Å². The van der Waals surface area contributed by atoms with Crippen LogP contribution >= 0.6 is 11.6 Å². The minimum absolute atomic E-state index is 0.0321. The summed E-state index contributed by atoms with van der Waals surface area (Å²) in [4.78, 5) is 38.5. The molecule has 0 fully saturated rings. The van der Waals surface area contributed by atoms with E-state index in [2.05, 4.69) is 4.99 Å². The molecule has 31 heavy (non-hydrogen) atoms. The first-order chi connectivity index (χ1) is 14.8. The lowest BCUT2D eigenvalue weighted by molar-refractivity contribution is -0.384. The van der Waals surface area contributed by atoms with Gasteiger partial charge in [-0.3, -0.25) is 14.9 Å². The number of aliphatic imine (C=N–C) groups is 1. The number of nitro benzene ring substituents is 1. The monoisotopic (exact) mass is 444 g/mol. The fourth-order valence-corrected chi connectivity index (χ4v) is 2.91. The molecule has 0 atom stereocenters. The normalized spacial score (nSPS) is 14.2. The zero-order valence-electron chi connectivity index (χ0n) is 16.6. The van der Waals surface area contributed by atoms with Crippen molar-refractivity contribution in [3.8, 4) is 11.5 Å². The third-order valence-corrected chi connectivity index (χ3v) is 4.51. The molecule has 0 aliphatic carbocycles. The second-order valence-electron chi connectivity index (χ2n) is 6.39. The largest absolute Gasteiger partial charge is 0.493 e. The van der Waals surface area contributed by atoms with Gasteiger partial charge in [0, 0.05) is 18.6 Å². The summed E-state index contributed by atoms with van der Waals surface area (Å²) in [5.41, 5.74) is 0.418. The molecule has 2 aromatic carbocycles. The third-order valence-electron chi connectivity index (χ3n) is 4.18. The summed E-state index contributed by atoms with van der Waals surface area (Å²) in [6.07, 6.45) is 2.38. The van der Waals surface area contributed by atoms with Gasteiger partial charge in [-0.05, 0) is 36.3 Å². The number of esters is 2. The smallest absolute Gasteiger partial charge is 0.363 e. The fourth-order valence-electron chi connectivity index (χ4n) is 2.71. The summed E-state index contributed by atoms with van der Waals surface area (Å²) in [5.74, 6) is -0.702. The molecule has 0 radical (unpaired) electrons. The number of rotatable bonds is 7. The molecule has 0 unspecified atom stereocenters. The summed E-state index contributed by atoms with van der Waals surface area (Å²) < 4.78 is 15.7. The minimum atomic E-state index is -0.741. The highest BCUT2D eigenvalue weighted by atomic mass is 35.5. The van der Waals surface area contributed by atoms with Crippen LogP contribution in [-0.4, -0.2) is 29.9 Å². The Kier molecular flexibility index (Phi) is 6.66. The van der Waals surface area contributed by atoms with Gasteiger partial charge in [-0.25, -0.2) is 9.79 Å². The Labute approximate surface area is 182 Å². The van der Waals surface area contributed by atoms with E-state index in [1.165, 1.54) is 31.4 Å². The van der Waals surface area contributed by atoms with Crippen LogP contribution in [-0.2, 0) is 14.3 Å². The van der Waals surface area contributed by atoms with Crippen molar-refractivity contribution < 1.29 is 28.7 Å². The number of non-ortho nitro benzene ring substituents is 1. The average molecular weight is 445 g/mol. The van der Waals surface area contributed by atoms with Gasteiger partial charge in [0.25, 0.3) is 5.69 Å². The van der Waals surface area contributed by atoms with Gasteiger partial charge >= 0.3 is 11.9 Å². The number of cyclic esters (lactones) is 1. The predicted molar refractivity (Wildman–Crippen MR) is 112 cm³/mol. The Morgan fingerprint density at radius 2 is 2.03 bits per heavy atom. The molecule has 9 nitrogen and oxygen atoms in total. The molecule has 1 heterocycles. The molecular formula is C21H17ClN2O7. The summed E-state index contributed by atoms with van der Waals surface area (Å²) in [6, 6.07) is 8.48. The first-order valence-electron chi connectivity index (χ1n) is 9.18. The molecule has 0 aromatic heterocycles. The van der Waals surface area contributed by atoms with Crippen LogP contribution in [0.15, 0.2) is 47.1 Å². The van der Waals surface area contributed by atoms with Crippen LogP contribution in [0.1, 0.15) is 30.9 Å². The number of benzene rings is 2. The van der Waals surface area contributed by atoms with Gasteiger partial charge in [-0.15, -0.1) is 0 Å². The Bertz CT molecular complexity index is 1120. The highest BCUT2D eigenvalue weighted by Crippen LogP contribution is 2.31. The first-order valence-corrected chi connectivity index (χ1v) is 9.55. The van der Waals surface area contributed by atoms with Crippen LogP contribution in [0.3, 0.4) is 0 Å². The Morgan fingerprint density at radius 3 is 2.71 bits per heavy atom. The number of methoxy groups -OCH3 is 1. The van der Waals surface area contributed by atoms with Gasteiger partial charge in [-0.1, -0.05) is 24.6 Å². The summed E-state index contributed by atoms with van der Waals surface area (Å²) in [5, 5.41) is 11.2. The average Bonchev–Trinajstić information content (AvgIpc) is 3.09. The molecule has 160 valence electrons. The van der Waals surface area contributed by atoms with Gasteiger partial charge in [-0.2, -0.15) is 0 Å². The number of nitro groups is 1. The first kappa shape index (κ1) is 22.0. The predicted octanol–water partition coefficient (Wildman–Crippen LogP) is 4.31. The maximum atomic E-state index is 12.2. The lowest BCUT2D eigenvalue weighted by Gasteiger charge is -2.09. The lowest BCUT2D eigenvalue weighted by atomic mass is 10.1. The van der Waals surface area contributed by atoms with Crippen LogP contribution in [0, 0.1) is 10.1 Å². The van der Waals surface area contributed by atoms with Crippen molar-refractivity contribution in [1.29, 1.82) is 0 Å². The molecular weight excluding hydrogens is 428 g/mol. The summed E-state index contributed by atoms with van der Waals surface area (Å²) in [6.45, 7) is 1.87. The van der Waals surface area contributed by atoms with E-state index in [0.29, 0.717) is 17.7 Å². The number of carbonyl (C=O) groups excluding carboxylic acids is 2. The van der Waals surface area contributed by atoms with Gasteiger partial charge in [0.2, 0.25) is 5.90 Å². The molecule has 0 spiro atoms. The van der Waals surface area contributed by atoms with Crippen LogP contribution in [0.25, 0.3) is 6.08 Å². The van der Waals surface area contributed by atoms with E-state index >= 15 is 0 Å². The molecule has 0 saturated heterocycles. The van der Waals surface area contributed by atoms with E-state index in [4.69, 9.17) is 25.8 Å². The third kappa shape index (κ3) is 5.07. The van der Waals surface area contributed by atoms with Gasteiger partial charge in [0.1, 0.15) is 0 Å². The Morgan fingerprint density at radius 1 is 1.26 bits per heavy atom. The van der Waals surface area contributed by atoms with Crippen molar-refractivity contribution in [2.75, 3.05) is 7.11 Å². The van der Waals surface area contributed by atoms with Crippen LogP contribution in [0.4, 0.5) is 5.69 Å². The van der Waals surface area contributed by atoms with E-state index in [9.17, 15) is 19.7 Å². The number of hydrogen-bond acceptors (Lipinski definition) is 8. The van der Waals surface area contributed by atoms with E-state index in [1.807, 2.05) is 6.92 Å². The molecule has 10 heteroatoms. The van der Waals surface area contributed by atoms with E-state index in [-0.39, 0.29) is 46.0 Å². The number of hydrogen-bond donors (Lipinski definition) is 0. The number of ether oxygens (including phenoxy) is 3. The topological polar surface area (TPSA) is 117 Å². The zero-order chi connectivity index (χ0) is 22.5. The molecule has 0 bridgehead atoms.